The Labute approximate surface area is 117 Å². The van der Waals surface area contributed by atoms with Crippen molar-refractivity contribution >= 4 is 22.7 Å². The Kier molecular flexibility index (Phi) is 3.41. The van der Waals surface area contributed by atoms with Crippen LogP contribution in [0.3, 0.4) is 0 Å². The molecule has 3 aromatic rings. The number of rotatable bonds is 4. The highest BCUT2D eigenvalue weighted by Crippen LogP contribution is 2.21. The van der Waals surface area contributed by atoms with Crippen LogP contribution in [0.2, 0.25) is 0 Å². The number of benzene rings is 1. The molecule has 0 saturated heterocycles. The molecule has 0 unspecified atom stereocenters. The molecule has 0 radical (unpaired) electrons. The van der Waals surface area contributed by atoms with E-state index in [-0.39, 0.29) is 0 Å². The number of pyridine rings is 1. The Morgan fingerprint density at radius 3 is 2.65 bits per heavy atom. The molecule has 0 amide bonds. The fourth-order valence-corrected chi connectivity index (χ4v) is 2.02. The van der Waals surface area contributed by atoms with E-state index in [1.165, 1.54) is 0 Å². The molecule has 0 aliphatic carbocycles. The summed E-state index contributed by atoms with van der Waals surface area (Å²) < 4.78 is 0. The van der Waals surface area contributed by atoms with E-state index >= 15 is 0 Å². The van der Waals surface area contributed by atoms with Crippen LogP contribution >= 0.6 is 0 Å². The summed E-state index contributed by atoms with van der Waals surface area (Å²) in [5, 5.41) is 7.32. The zero-order valence-corrected chi connectivity index (χ0v) is 11.2. The van der Waals surface area contributed by atoms with Gasteiger partial charge in [-0.2, -0.15) is 4.98 Å². The lowest BCUT2D eigenvalue weighted by atomic mass is 10.2. The van der Waals surface area contributed by atoms with Crippen molar-refractivity contribution in [2.45, 2.75) is 6.54 Å². The first-order chi connectivity index (χ1) is 9.86. The van der Waals surface area contributed by atoms with E-state index in [1.807, 2.05) is 49.5 Å². The third-order valence-electron chi connectivity index (χ3n) is 2.99. The van der Waals surface area contributed by atoms with E-state index in [2.05, 4.69) is 25.6 Å². The molecule has 2 aromatic heterocycles. The van der Waals surface area contributed by atoms with Crippen molar-refractivity contribution in [2.24, 2.45) is 0 Å². The van der Waals surface area contributed by atoms with Crippen LogP contribution in [0, 0.1) is 0 Å². The molecule has 2 heterocycles. The molecule has 100 valence electrons. The van der Waals surface area contributed by atoms with Crippen LogP contribution < -0.4 is 10.6 Å². The molecule has 0 aliphatic heterocycles. The summed E-state index contributed by atoms with van der Waals surface area (Å²) in [6, 6.07) is 13.8. The highest BCUT2D eigenvalue weighted by Gasteiger charge is 2.05. The maximum absolute atomic E-state index is 4.51. The van der Waals surface area contributed by atoms with Gasteiger partial charge in [-0.1, -0.05) is 18.2 Å². The molecule has 5 heteroatoms. The van der Waals surface area contributed by atoms with Crippen molar-refractivity contribution in [3.63, 3.8) is 0 Å². The monoisotopic (exact) mass is 265 g/mol. The summed E-state index contributed by atoms with van der Waals surface area (Å²) in [4.78, 5) is 13.2. The van der Waals surface area contributed by atoms with Gasteiger partial charge in [-0.25, -0.2) is 4.98 Å². The van der Waals surface area contributed by atoms with Crippen molar-refractivity contribution < 1.29 is 0 Å². The number of nitrogens with zero attached hydrogens (tertiary/aromatic N) is 3. The number of hydrogen-bond donors (Lipinski definition) is 2. The standard InChI is InChI=1S/C15H15N5/c1-16-14-12-7-2-3-8-13(12)19-15(20-14)18-10-11-6-4-5-9-17-11/h2-9H,10H2,1H3,(H2,16,18,19,20). The summed E-state index contributed by atoms with van der Waals surface area (Å²) in [6.45, 7) is 0.600. The van der Waals surface area contributed by atoms with E-state index in [0.29, 0.717) is 12.5 Å². The average Bonchev–Trinajstić information content (AvgIpc) is 2.53. The van der Waals surface area contributed by atoms with Gasteiger partial charge < -0.3 is 10.6 Å². The molecular weight excluding hydrogens is 250 g/mol. The second-order valence-electron chi connectivity index (χ2n) is 4.34. The molecular formula is C15H15N5. The first-order valence-corrected chi connectivity index (χ1v) is 6.45. The predicted octanol–water partition coefficient (Wildman–Crippen LogP) is 2.68. The number of nitrogens with one attached hydrogen (secondary N) is 2. The van der Waals surface area contributed by atoms with Gasteiger partial charge >= 0.3 is 0 Å². The van der Waals surface area contributed by atoms with Gasteiger partial charge in [0.2, 0.25) is 5.95 Å². The second kappa shape index (κ2) is 5.52. The fraction of sp³-hybridized carbons (Fsp3) is 0.133. The Morgan fingerprint density at radius 1 is 1.00 bits per heavy atom. The van der Waals surface area contributed by atoms with Gasteiger partial charge in [-0.15, -0.1) is 0 Å². The first kappa shape index (κ1) is 12.3. The topological polar surface area (TPSA) is 62.7 Å². The molecule has 20 heavy (non-hydrogen) atoms. The van der Waals surface area contributed by atoms with Gasteiger partial charge in [0.05, 0.1) is 17.8 Å². The summed E-state index contributed by atoms with van der Waals surface area (Å²) >= 11 is 0. The van der Waals surface area contributed by atoms with Gasteiger partial charge in [-0.05, 0) is 24.3 Å². The Hall–Kier alpha value is -2.69. The van der Waals surface area contributed by atoms with Crippen LogP contribution in [-0.2, 0) is 6.54 Å². The lowest BCUT2D eigenvalue weighted by Gasteiger charge is -2.09. The van der Waals surface area contributed by atoms with Crippen LogP contribution in [0.15, 0.2) is 48.7 Å². The molecule has 0 saturated carbocycles. The SMILES string of the molecule is CNc1nc(NCc2ccccn2)nc2ccccc12. The number of fused-ring (bicyclic) bond motifs is 1. The van der Waals surface area contributed by atoms with Crippen LogP contribution in [0.25, 0.3) is 10.9 Å². The molecule has 0 bridgehead atoms. The Morgan fingerprint density at radius 2 is 1.85 bits per heavy atom. The smallest absolute Gasteiger partial charge is 0.225 e. The minimum absolute atomic E-state index is 0.596. The highest BCUT2D eigenvalue weighted by atomic mass is 15.1. The van der Waals surface area contributed by atoms with Crippen molar-refractivity contribution in [1.29, 1.82) is 0 Å². The zero-order valence-electron chi connectivity index (χ0n) is 11.2. The third-order valence-corrected chi connectivity index (χ3v) is 2.99. The minimum Gasteiger partial charge on any atom is -0.372 e. The predicted molar refractivity (Wildman–Crippen MR) is 80.6 cm³/mol. The number of para-hydroxylation sites is 1. The van der Waals surface area contributed by atoms with E-state index in [4.69, 9.17) is 0 Å². The van der Waals surface area contributed by atoms with Crippen LogP contribution in [-0.4, -0.2) is 22.0 Å². The summed E-state index contributed by atoms with van der Waals surface area (Å²) in [7, 11) is 1.86. The molecule has 0 atom stereocenters. The largest absolute Gasteiger partial charge is 0.372 e. The van der Waals surface area contributed by atoms with Crippen LogP contribution in [0.5, 0.6) is 0 Å². The van der Waals surface area contributed by atoms with Crippen molar-refractivity contribution in [1.82, 2.24) is 15.0 Å². The summed E-state index contributed by atoms with van der Waals surface area (Å²) in [5.41, 5.74) is 1.87. The normalized spacial score (nSPS) is 10.4. The van der Waals surface area contributed by atoms with Crippen LogP contribution in [0.1, 0.15) is 5.69 Å². The molecule has 0 spiro atoms. The molecule has 3 rings (SSSR count). The maximum Gasteiger partial charge on any atom is 0.225 e. The van der Waals surface area contributed by atoms with Gasteiger partial charge in [0.25, 0.3) is 0 Å². The fourth-order valence-electron chi connectivity index (χ4n) is 2.02. The van der Waals surface area contributed by atoms with Crippen molar-refractivity contribution in [3.8, 4) is 0 Å². The molecule has 1 aromatic carbocycles. The van der Waals surface area contributed by atoms with Gasteiger partial charge in [0.1, 0.15) is 5.82 Å². The zero-order chi connectivity index (χ0) is 13.8. The first-order valence-electron chi connectivity index (χ1n) is 6.45. The number of aromatic nitrogens is 3. The maximum atomic E-state index is 4.51. The molecule has 0 fully saturated rings. The lowest BCUT2D eigenvalue weighted by Crippen LogP contribution is -2.06. The quantitative estimate of drug-likeness (QED) is 0.759. The van der Waals surface area contributed by atoms with E-state index in [1.54, 1.807) is 6.20 Å². The van der Waals surface area contributed by atoms with E-state index in [0.717, 1.165) is 22.4 Å². The summed E-state index contributed by atoms with van der Waals surface area (Å²) in [6.07, 6.45) is 1.78. The van der Waals surface area contributed by atoms with Crippen LogP contribution in [0.4, 0.5) is 11.8 Å². The Bertz CT molecular complexity index is 712. The summed E-state index contributed by atoms with van der Waals surface area (Å²) in [5.74, 6) is 1.41. The lowest BCUT2D eigenvalue weighted by molar-refractivity contribution is 1.01. The molecule has 0 aliphatic rings. The van der Waals surface area contributed by atoms with Crippen molar-refractivity contribution in [3.05, 3.63) is 54.4 Å². The van der Waals surface area contributed by atoms with Gasteiger partial charge in [0, 0.05) is 18.6 Å². The molecule has 5 nitrogen and oxygen atoms in total. The Balaban J connectivity index is 1.88. The van der Waals surface area contributed by atoms with E-state index in [9.17, 15) is 0 Å². The highest BCUT2D eigenvalue weighted by molar-refractivity contribution is 5.89. The number of hydrogen-bond acceptors (Lipinski definition) is 5. The third kappa shape index (κ3) is 2.51. The molecule has 2 N–H and O–H groups in total. The average molecular weight is 265 g/mol. The van der Waals surface area contributed by atoms with E-state index < -0.39 is 0 Å². The minimum atomic E-state index is 0.596. The second-order valence-corrected chi connectivity index (χ2v) is 4.34. The van der Waals surface area contributed by atoms with Crippen molar-refractivity contribution in [2.75, 3.05) is 17.7 Å². The number of anilines is 2. The van der Waals surface area contributed by atoms with Gasteiger partial charge in [-0.3, -0.25) is 4.98 Å². The van der Waals surface area contributed by atoms with Gasteiger partial charge in [0.15, 0.2) is 0 Å².